The number of pyridine rings is 1. The number of hydrogen-bond donors (Lipinski definition) is 1. The van der Waals surface area contributed by atoms with E-state index in [-0.39, 0.29) is 6.01 Å². The first kappa shape index (κ1) is 13.3. The largest absolute Gasteiger partial charge is 0.422 e. The Labute approximate surface area is 121 Å². The number of rotatable bonds is 4. The van der Waals surface area contributed by atoms with Crippen molar-refractivity contribution in [1.29, 1.82) is 0 Å². The van der Waals surface area contributed by atoms with Gasteiger partial charge in [0.2, 0.25) is 0 Å². The van der Waals surface area contributed by atoms with E-state index in [9.17, 15) is 5.11 Å². The second-order valence-electron chi connectivity index (χ2n) is 4.50. The Balaban J connectivity index is 1.75. The van der Waals surface area contributed by atoms with Gasteiger partial charge in [-0.2, -0.15) is 4.98 Å². The van der Waals surface area contributed by atoms with Crippen LogP contribution in [0.5, 0.6) is 11.8 Å². The number of hydrogen-bond acceptors (Lipinski definition) is 5. The molecule has 0 bridgehead atoms. The van der Waals surface area contributed by atoms with Crippen LogP contribution in [0.15, 0.2) is 55.0 Å². The van der Waals surface area contributed by atoms with Gasteiger partial charge in [-0.3, -0.25) is 4.98 Å². The third-order valence-electron chi connectivity index (χ3n) is 2.89. The van der Waals surface area contributed by atoms with E-state index in [4.69, 9.17) is 4.74 Å². The van der Waals surface area contributed by atoms with Crippen LogP contribution < -0.4 is 4.74 Å². The van der Waals surface area contributed by atoms with Crippen molar-refractivity contribution in [3.63, 3.8) is 0 Å². The Morgan fingerprint density at radius 3 is 2.57 bits per heavy atom. The van der Waals surface area contributed by atoms with Crippen molar-refractivity contribution in [2.24, 2.45) is 0 Å². The molecule has 0 spiro atoms. The highest BCUT2D eigenvalue weighted by Crippen LogP contribution is 2.19. The predicted molar refractivity (Wildman–Crippen MR) is 76.3 cm³/mol. The standard InChI is InChI=1S/C15H14N4O2/c1-11(20)14-8-7-13(9-16-14)21-15-17-10-19(18-15)12-5-3-2-4-6-12/h2-11,20H,1H3/t11-/m1/s1. The second-order valence-corrected chi connectivity index (χ2v) is 4.50. The van der Waals surface area contributed by atoms with Gasteiger partial charge in [0, 0.05) is 0 Å². The van der Waals surface area contributed by atoms with Crippen molar-refractivity contribution >= 4 is 0 Å². The van der Waals surface area contributed by atoms with E-state index in [1.165, 1.54) is 6.20 Å². The van der Waals surface area contributed by atoms with Crippen LogP contribution in [0.25, 0.3) is 5.69 Å². The highest BCUT2D eigenvalue weighted by atomic mass is 16.5. The number of para-hydroxylation sites is 1. The predicted octanol–water partition coefficient (Wildman–Crippen LogP) is 2.51. The molecule has 2 heterocycles. The van der Waals surface area contributed by atoms with Gasteiger partial charge in [-0.05, 0) is 31.2 Å². The minimum atomic E-state index is -0.602. The lowest BCUT2D eigenvalue weighted by Crippen LogP contribution is -1.96. The molecule has 1 atom stereocenters. The molecule has 2 aromatic heterocycles. The van der Waals surface area contributed by atoms with Gasteiger partial charge < -0.3 is 9.84 Å². The van der Waals surface area contributed by atoms with E-state index in [2.05, 4.69) is 15.1 Å². The van der Waals surface area contributed by atoms with E-state index in [0.717, 1.165) is 5.69 Å². The zero-order chi connectivity index (χ0) is 14.7. The lowest BCUT2D eigenvalue weighted by Gasteiger charge is -2.04. The van der Waals surface area contributed by atoms with Crippen LogP contribution in [0.1, 0.15) is 18.7 Å². The van der Waals surface area contributed by atoms with Crippen molar-refractivity contribution in [3.05, 3.63) is 60.7 Å². The molecule has 6 nitrogen and oxygen atoms in total. The number of benzene rings is 1. The van der Waals surface area contributed by atoms with Gasteiger partial charge in [-0.15, -0.1) is 5.10 Å². The van der Waals surface area contributed by atoms with Crippen LogP contribution >= 0.6 is 0 Å². The smallest absolute Gasteiger partial charge is 0.341 e. The maximum absolute atomic E-state index is 9.40. The summed E-state index contributed by atoms with van der Waals surface area (Å²) in [7, 11) is 0. The van der Waals surface area contributed by atoms with Crippen molar-refractivity contribution in [2.75, 3.05) is 0 Å². The number of ether oxygens (including phenoxy) is 1. The normalized spacial score (nSPS) is 12.1. The molecule has 0 unspecified atom stereocenters. The highest BCUT2D eigenvalue weighted by molar-refractivity contribution is 5.30. The number of nitrogens with zero attached hydrogens (tertiary/aromatic N) is 4. The fourth-order valence-corrected chi connectivity index (χ4v) is 1.80. The van der Waals surface area contributed by atoms with Gasteiger partial charge >= 0.3 is 6.01 Å². The Bertz CT molecular complexity index is 708. The molecule has 0 saturated carbocycles. The zero-order valence-corrected chi connectivity index (χ0v) is 11.4. The molecule has 0 aliphatic carbocycles. The topological polar surface area (TPSA) is 73.1 Å². The van der Waals surface area contributed by atoms with E-state index < -0.39 is 6.10 Å². The molecule has 21 heavy (non-hydrogen) atoms. The molecule has 6 heteroatoms. The van der Waals surface area contributed by atoms with E-state index in [0.29, 0.717) is 11.4 Å². The quantitative estimate of drug-likeness (QED) is 0.796. The van der Waals surface area contributed by atoms with Gasteiger partial charge in [-0.25, -0.2) is 4.68 Å². The Morgan fingerprint density at radius 1 is 1.10 bits per heavy atom. The lowest BCUT2D eigenvalue weighted by molar-refractivity contribution is 0.194. The minimum Gasteiger partial charge on any atom is -0.422 e. The van der Waals surface area contributed by atoms with Crippen LogP contribution in [0.3, 0.4) is 0 Å². The van der Waals surface area contributed by atoms with Crippen LogP contribution in [-0.4, -0.2) is 24.9 Å². The molecule has 3 rings (SSSR count). The number of aliphatic hydroxyl groups excluding tert-OH is 1. The molecule has 0 radical (unpaired) electrons. The van der Waals surface area contributed by atoms with Crippen LogP contribution in [0.4, 0.5) is 0 Å². The van der Waals surface area contributed by atoms with Crippen LogP contribution in [0.2, 0.25) is 0 Å². The maximum Gasteiger partial charge on any atom is 0.341 e. The van der Waals surface area contributed by atoms with Crippen molar-refractivity contribution in [3.8, 4) is 17.4 Å². The number of aliphatic hydroxyl groups is 1. The zero-order valence-electron chi connectivity index (χ0n) is 11.4. The van der Waals surface area contributed by atoms with Gasteiger partial charge in [0.05, 0.1) is 23.7 Å². The van der Waals surface area contributed by atoms with Crippen molar-refractivity contribution in [2.45, 2.75) is 13.0 Å². The first-order chi connectivity index (χ1) is 10.2. The summed E-state index contributed by atoms with van der Waals surface area (Å²) >= 11 is 0. The Morgan fingerprint density at radius 2 is 1.90 bits per heavy atom. The van der Waals surface area contributed by atoms with Crippen molar-refractivity contribution < 1.29 is 9.84 Å². The SMILES string of the molecule is C[C@@H](O)c1ccc(Oc2ncn(-c3ccccc3)n2)cn1. The molecule has 3 aromatic rings. The third-order valence-corrected chi connectivity index (χ3v) is 2.89. The molecular formula is C15H14N4O2. The summed E-state index contributed by atoms with van der Waals surface area (Å²) in [4.78, 5) is 8.20. The van der Waals surface area contributed by atoms with Gasteiger partial charge in [0.1, 0.15) is 12.1 Å². The fraction of sp³-hybridized carbons (Fsp3) is 0.133. The summed E-state index contributed by atoms with van der Waals surface area (Å²) < 4.78 is 7.16. The van der Waals surface area contributed by atoms with E-state index in [1.807, 2.05) is 30.3 Å². The Kier molecular flexibility index (Phi) is 3.61. The molecule has 0 aliphatic rings. The summed E-state index contributed by atoms with van der Waals surface area (Å²) in [5.74, 6) is 0.519. The summed E-state index contributed by atoms with van der Waals surface area (Å²) in [5.41, 5.74) is 1.49. The average molecular weight is 282 g/mol. The molecule has 0 fully saturated rings. The first-order valence-corrected chi connectivity index (χ1v) is 6.51. The maximum atomic E-state index is 9.40. The molecule has 0 saturated heterocycles. The van der Waals surface area contributed by atoms with E-state index >= 15 is 0 Å². The minimum absolute atomic E-state index is 0.241. The van der Waals surface area contributed by atoms with Gasteiger partial charge in [0.25, 0.3) is 0 Å². The summed E-state index contributed by atoms with van der Waals surface area (Å²) in [6.45, 7) is 1.66. The third kappa shape index (κ3) is 3.06. The molecule has 1 aromatic carbocycles. The average Bonchev–Trinajstić information content (AvgIpc) is 2.97. The molecule has 0 amide bonds. The highest BCUT2D eigenvalue weighted by Gasteiger charge is 2.07. The van der Waals surface area contributed by atoms with Gasteiger partial charge in [-0.1, -0.05) is 18.2 Å². The first-order valence-electron chi connectivity index (χ1n) is 6.51. The molecule has 106 valence electrons. The molecular weight excluding hydrogens is 268 g/mol. The fourth-order valence-electron chi connectivity index (χ4n) is 1.80. The molecule has 0 aliphatic heterocycles. The molecule has 1 N–H and O–H groups in total. The van der Waals surface area contributed by atoms with E-state index in [1.54, 1.807) is 30.1 Å². The second kappa shape index (κ2) is 5.72. The van der Waals surface area contributed by atoms with Gasteiger partial charge in [0.15, 0.2) is 0 Å². The number of aromatic nitrogens is 4. The lowest BCUT2D eigenvalue weighted by atomic mass is 10.2. The van der Waals surface area contributed by atoms with Crippen LogP contribution in [-0.2, 0) is 0 Å². The summed E-state index contributed by atoms with van der Waals surface area (Å²) in [5, 5.41) is 13.6. The summed E-state index contributed by atoms with van der Waals surface area (Å²) in [6, 6.07) is 13.3. The monoisotopic (exact) mass is 282 g/mol. The van der Waals surface area contributed by atoms with Crippen LogP contribution in [0, 0.1) is 0 Å². The van der Waals surface area contributed by atoms with Crippen molar-refractivity contribution in [1.82, 2.24) is 19.7 Å². The Hall–Kier alpha value is -2.73. The summed E-state index contributed by atoms with van der Waals surface area (Å²) in [6.07, 6.45) is 2.52.